The number of aryl methyl sites for hydroxylation is 1. The Labute approximate surface area is 214 Å². The molecule has 10 nitrogen and oxygen atoms in total. The molecule has 0 fully saturated rings. The van der Waals surface area contributed by atoms with E-state index in [0.717, 1.165) is 22.3 Å². The largest absolute Gasteiger partial charge is 0.345 e. The molecule has 5 heterocycles. The minimum atomic E-state index is -1.68. The molecule has 6 rings (SSSR count). The first-order valence-electron chi connectivity index (χ1n) is 11.4. The molecule has 5 aromatic heterocycles. The SMILES string of the molecule is CN(C)C(=O)c1ccc(-c2ccc3ncc(S(=O)n4ncc5ncc(-c6cnn(C)c6)cc54)n3c2)cc1. The zero-order chi connectivity index (χ0) is 25.7. The molecule has 0 radical (unpaired) electrons. The maximum atomic E-state index is 13.7. The number of carbonyl (C=O) groups is 1. The van der Waals surface area contributed by atoms with Gasteiger partial charge in [-0.15, -0.1) is 0 Å². The second kappa shape index (κ2) is 8.79. The predicted molar refractivity (Wildman–Crippen MR) is 140 cm³/mol. The van der Waals surface area contributed by atoms with E-state index in [1.807, 2.05) is 49.8 Å². The van der Waals surface area contributed by atoms with Crippen molar-refractivity contribution in [2.45, 2.75) is 5.03 Å². The molecule has 0 spiro atoms. The summed E-state index contributed by atoms with van der Waals surface area (Å²) in [6.07, 6.45) is 10.5. The van der Waals surface area contributed by atoms with Crippen LogP contribution < -0.4 is 0 Å². The molecular weight excluding hydrogens is 488 g/mol. The predicted octanol–water partition coefficient (Wildman–Crippen LogP) is 3.42. The summed E-state index contributed by atoms with van der Waals surface area (Å²) in [7, 11) is 3.63. The molecule has 184 valence electrons. The standard InChI is InChI=1S/C26H22N8O2S/c1-31(2)26(35)18-6-4-17(5-7-18)19-8-9-24-28-14-25(33(24)16-19)37(36)34-23-10-20(11-27-22(23)13-30-34)21-12-29-32(3)15-21/h4-16H,1-3H3. The molecule has 37 heavy (non-hydrogen) atoms. The number of fused-ring (bicyclic) bond motifs is 2. The van der Waals surface area contributed by atoms with Gasteiger partial charge in [0.25, 0.3) is 5.91 Å². The fraction of sp³-hybridized carbons (Fsp3) is 0.115. The average Bonchev–Trinajstić information content (AvgIpc) is 3.65. The lowest BCUT2D eigenvalue weighted by atomic mass is 10.1. The first kappa shape index (κ1) is 22.8. The van der Waals surface area contributed by atoms with Crippen molar-refractivity contribution in [2.75, 3.05) is 14.1 Å². The lowest BCUT2D eigenvalue weighted by Crippen LogP contribution is -2.21. The molecule has 0 saturated heterocycles. The zero-order valence-corrected chi connectivity index (χ0v) is 21.1. The van der Waals surface area contributed by atoms with Crippen molar-refractivity contribution < 1.29 is 9.00 Å². The smallest absolute Gasteiger partial charge is 0.253 e. The summed E-state index contributed by atoms with van der Waals surface area (Å²) in [4.78, 5) is 22.7. The van der Waals surface area contributed by atoms with Crippen LogP contribution in [0, 0.1) is 0 Å². The van der Waals surface area contributed by atoms with Gasteiger partial charge in [-0.3, -0.25) is 18.9 Å². The number of carbonyl (C=O) groups excluding carboxylic acids is 1. The Morgan fingerprint density at radius 1 is 0.838 bits per heavy atom. The third kappa shape index (κ3) is 3.99. The van der Waals surface area contributed by atoms with E-state index >= 15 is 0 Å². The van der Waals surface area contributed by atoms with E-state index in [1.165, 1.54) is 4.09 Å². The summed E-state index contributed by atoms with van der Waals surface area (Å²) >= 11 is 0. The molecule has 1 amide bonds. The summed E-state index contributed by atoms with van der Waals surface area (Å²) in [6.45, 7) is 0. The Morgan fingerprint density at radius 3 is 2.35 bits per heavy atom. The number of benzene rings is 1. The van der Waals surface area contributed by atoms with E-state index < -0.39 is 11.0 Å². The van der Waals surface area contributed by atoms with Crippen LogP contribution in [-0.4, -0.2) is 62.4 Å². The highest BCUT2D eigenvalue weighted by Crippen LogP contribution is 2.26. The van der Waals surface area contributed by atoms with Gasteiger partial charge < -0.3 is 4.90 Å². The average molecular weight is 511 g/mol. The van der Waals surface area contributed by atoms with E-state index in [2.05, 4.69) is 20.2 Å². The Hall–Kier alpha value is -4.64. The molecule has 1 aromatic carbocycles. The summed E-state index contributed by atoms with van der Waals surface area (Å²) in [5, 5.41) is 9.08. The van der Waals surface area contributed by atoms with Crippen LogP contribution >= 0.6 is 0 Å². The minimum Gasteiger partial charge on any atom is -0.345 e. The molecule has 0 N–H and O–H groups in total. The number of amides is 1. The number of nitrogens with zero attached hydrogens (tertiary/aromatic N) is 8. The van der Waals surface area contributed by atoms with Crippen molar-refractivity contribution in [3.8, 4) is 22.3 Å². The fourth-order valence-electron chi connectivity index (χ4n) is 4.16. The van der Waals surface area contributed by atoms with E-state index in [0.29, 0.717) is 27.3 Å². The summed E-state index contributed by atoms with van der Waals surface area (Å²) < 4.78 is 18.7. The number of hydrogen-bond acceptors (Lipinski definition) is 6. The fourth-order valence-corrected chi connectivity index (χ4v) is 5.25. The van der Waals surface area contributed by atoms with Gasteiger partial charge in [-0.25, -0.2) is 9.19 Å². The van der Waals surface area contributed by atoms with Crippen molar-refractivity contribution in [3.63, 3.8) is 0 Å². The monoisotopic (exact) mass is 510 g/mol. The Morgan fingerprint density at radius 2 is 1.62 bits per heavy atom. The second-order valence-corrected chi connectivity index (χ2v) is 10.1. The normalized spacial score (nSPS) is 12.3. The quantitative estimate of drug-likeness (QED) is 0.352. The van der Waals surface area contributed by atoms with Crippen LogP contribution in [0.1, 0.15) is 10.4 Å². The lowest BCUT2D eigenvalue weighted by molar-refractivity contribution is 0.0827. The summed E-state index contributed by atoms with van der Waals surface area (Å²) in [6, 6.07) is 13.1. The molecule has 0 aliphatic carbocycles. The van der Waals surface area contributed by atoms with Gasteiger partial charge in [-0.1, -0.05) is 12.1 Å². The summed E-state index contributed by atoms with van der Waals surface area (Å²) in [5.74, 6) is -0.0538. The van der Waals surface area contributed by atoms with E-state index in [9.17, 15) is 9.00 Å². The van der Waals surface area contributed by atoms with Gasteiger partial charge in [0.1, 0.15) is 16.7 Å². The number of pyridine rings is 2. The highest BCUT2D eigenvalue weighted by molar-refractivity contribution is 7.83. The highest BCUT2D eigenvalue weighted by Gasteiger charge is 2.18. The first-order chi connectivity index (χ1) is 17.9. The maximum Gasteiger partial charge on any atom is 0.253 e. The van der Waals surface area contributed by atoms with Crippen LogP contribution in [0.25, 0.3) is 38.9 Å². The van der Waals surface area contributed by atoms with E-state index in [4.69, 9.17) is 0 Å². The van der Waals surface area contributed by atoms with Gasteiger partial charge >= 0.3 is 0 Å². The highest BCUT2D eigenvalue weighted by atomic mass is 32.2. The third-order valence-corrected chi connectivity index (χ3v) is 7.37. The van der Waals surface area contributed by atoms with Crippen LogP contribution in [0.3, 0.4) is 0 Å². The van der Waals surface area contributed by atoms with Crippen LogP contribution in [0.4, 0.5) is 0 Å². The number of aromatic nitrogens is 7. The summed E-state index contributed by atoms with van der Waals surface area (Å²) in [5.41, 5.74) is 6.16. The van der Waals surface area contributed by atoms with Crippen LogP contribution in [0.15, 0.2) is 84.7 Å². The van der Waals surface area contributed by atoms with Crippen molar-refractivity contribution in [3.05, 3.63) is 85.2 Å². The van der Waals surface area contributed by atoms with Crippen molar-refractivity contribution in [1.82, 2.24) is 38.2 Å². The van der Waals surface area contributed by atoms with Gasteiger partial charge in [-0.05, 0) is 41.5 Å². The van der Waals surface area contributed by atoms with Gasteiger partial charge in [-0.2, -0.15) is 14.3 Å². The Kier molecular flexibility index (Phi) is 5.41. The van der Waals surface area contributed by atoms with Crippen molar-refractivity contribution in [1.29, 1.82) is 0 Å². The van der Waals surface area contributed by atoms with Crippen molar-refractivity contribution in [2.24, 2.45) is 7.05 Å². The number of imidazole rings is 1. The van der Waals surface area contributed by atoms with E-state index in [-0.39, 0.29) is 5.91 Å². The molecular formula is C26H22N8O2S. The molecule has 0 saturated carbocycles. The Balaban J connectivity index is 1.38. The molecule has 1 unspecified atom stereocenters. The maximum absolute atomic E-state index is 13.7. The number of hydrogen-bond donors (Lipinski definition) is 0. The van der Waals surface area contributed by atoms with Gasteiger partial charge in [0.05, 0.1) is 18.6 Å². The van der Waals surface area contributed by atoms with Gasteiger partial charge in [0, 0.05) is 56.4 Å². The molecule has 6 aromatic rings. The van der Waals surface area contributed by atoms with Gasteiger partial charge in [0.15, 0.2) is 16.0 Å². The minimum absolute atomic E-state index is 0.0538. The molecule has 0 aliphatic heterocycles. The molecule has 11 heteroatoms. The molecule has 0 aliphatic rings. The van der Waals surface area contributed by atoms with Crippen molar-refractivity contribution >= 4 is 33.6 Å². The third-order valence-electron chi connectivity index (χ3n) is 6.11. The molecule has 0 bridgehead atoms. The molecule has 1 atom stereocenters. The number of rotatable bonds is 5. The van der Waals surface area contributed by atoms with E-state index in [1.54, 1.807) is 65.0 Å². The topological polar surface area (TPSA) is 103 Å². The van der Waals surface area contributed by atoms with Crippen LogP contribution in [0.2, 0.25) is 0 Å². The second-order valence-electron chi connectivity index (χ2n) is 8.82. The lowest BCUT2D eigenvalue weighted by Gasteiger charge is -2.11. The first-order valence-corrected chi connectivity index (χ1v) is 12.5. The Bertz CT molecular complexity index is 1810. The van der Waals surface area contributed by atoms with Crippen LogP contribution in [-0.2, 0) is 18.0 Å². The van der Waals surface area contributed by atoms with Gasteiger partial charge in [0.2, 0.25) is 0 Å². The zero-order valence-electron chi connectivity index (χ0n) is 20.3. The van der Waals surface area contributed by atoms with Crippen LogP contribution in [0.5, 0.6) is 0 Å².